The van der Waals surface area contributed by atoms with Crippen LogP contribution in [0.15, 0.2) is 48.8 Å². The number of rotatable bonds is 7. The van der Waals surface area contributed by atoms with Crippen molar-refractivity contribution in [1.82, 2.24) is 15.4 Å². The number of carbonyl (C=O) groups is 2. The van der Waals surface area contributed by atoms with E-state index in [1.165, 1.54) is 18.3 Å². The maximum atomic E-state index is 12.6. The maximum Gasteiger partial charge on any atom is 0.335 e. The molecule has 2 aliphatic heterocycles. The summed E-state index contributed by atoms with van der Waals surface area (Å²) < 4.78 is 23.2. The highest BCUT2D eigenvalue weighted by Crippen LogP contribution is 2.42. The quantitative estimate of drug-likeness (QED) is 0.182. The summed E-state index contributed by atoms with van der Waals surface area (Å²) >= 11 is 0. The topological polar surface area (TPSA) is 161 Å². The zero-order valence-corrected chi connectivity index (χ0v) is 22.7. The van der Waals surface area contributed by atoms with Gasteiger partial charge in [-0.05, 0) is 30.7 Å². The van der Waals surface area contributed by atoms with Crippen LogP contribution in [0.1, 0.15) is 39.3 Å². The number of carbonyl (C=O) groups excluding carboxylic acids is 1. The molecule has 6 rings (SSSR count). The van der Waals surface area contributed by atoms with Gasteiger partial charge in [0.25, 0.3) is 5.91 Å². The molecule has 0 radical (unpaired) electrons. The molecule has 12 nitrogen and oxygen atoms in total. The molecular weight excluding hydrogens is 544 g/mol. The minimum absolute atomic E-state index is 0.00901. The smallest absolute Gasteiger partial charge is 0.335 e. The first-order chi connectivity index (χ1) is 20.4. The van der Waals surface area contributed by atoms with E-state index in [0.29, 0.717) is 78.8 Å². The van der Waals surface area contributed by atoms with E-state index in [-0.39, 0.29) is 17.2 Å². The maximum absolute atomic E-state index is 12.6. The molecular formula is C30H28N4O8. The molecule has 0 unspecified atom stereocenters. The Bertz CT molecular complexity index is 1690. The second kappa shape index (κ2) is 11.5. The molecule has 12 heteroatoms. The third kappa shape index (κ3) is 5.37. The van der Waals surface area contributed by atoms with Gasteiger partial charge < -0.3 is 29.4 Å². The summed E-state index contributed by atoms with van der Waals surface area (Å²) in [6.07, 6.45) is 4.32. The summed E-state index contributed by atoms with van der Waals surface area (Å²) in [4.78, 5) is 33.5. The van der Waals surface area contributed by atoms with Crippen LogP contribution < -0.4 is 25.0 Å². The van der Waals surface area contributed by atoms with Crippen LogP contribution in [0, 0.1) is 6.92 Å². The van der Waals surface area contributed by atoms with Gasteiger partial charge in [-0.25, -0.2) is 10.3 Å². The van der Waals surface area contributed by atoms with Gasteiger partial charge in [0.05, 0.1) is 41.2 Å². The molecule has 2 aromatic carbocycles. The lowest BCUT2D eigenvalue weighted by molar-refractivity contribution is 0.0255. The molecule has 1 saturated heterocycles. The Kier molecular flexibility index (Phi) is 7.46. The summed E-state index contributed by atoms with van der Waals surface area (Å²) in [7, 11) is 0. The predicted octanol–water partition coefficient (Wildman–Crippen LogP) is 4.50. The summed E-state index contributed by atoms with van der Waals surface area (Å²) in [6.45, 7) is 3.84. The van der Waals surface area contributed by atoms with Crippen LogP contribution in [-0.4, -0.2) is 64.7 Å². The van der Waals surface area contributed by atoms with Crippen LogP contribution in [-0.2, 0) is 4.74 Å². The lowest BCUT2D eigenvalue weighted by Gasteiger charge is -2.24. The average molecular weight is 573 g/mol. The number of carboxylic acids is 1. The van der Waals surface area contributed by atoms with Crippen LogP contribution >= 0.6 is 0 Å². The summed E-state index contributed by atoms with van der Waals surface area (Å²) in [5.74, 6) is -0.343. The highest BCUT2D eigenvalue weighted by Gasteiger charge is 2.23. The number of ether oxygens (including phenoxy) is 4. The normalized spacial score (nSPS) is 14.8. The van der Waals surface area contributed by atoms with Crippen molar-refractivity contribution in [2.24, 2.45) is 0 Å². The summed E-state index contributed by atoms with van der Waals surface area (Å²) in [5, 5.41) is 22.9. The molecule has 4 aromatic rings. The van der Waals surface area contributed by atoms with Gasteiger partial charge in [-0.15, -0.1) is 0 Å². The van der Waals surface area contributed by atoms with Crippen molar-refractivity contribution in [1.29, 1.82) is 0 Å². The van der Waals surface area contributed by atoms with Gasteiger partial charge in [-0.3, -0.25) is 20.0 Å². The van der Waals surface area contributed by atoms with Crippen LogP contribution in [0.2, 0.25) is 0 Å². The van der Waals surface area contributed by atoms with Gasteiger partial charge >= 0.3 is 5.97 Å². The molecule has 42 heavy (non-hydrogen) atoms. The van der Waals surface area contributed by atoms with Crippen molar-refractivity contribution in [2.75, 3.05) is 31.7 Å². The number of hydroxylamine groups is 1. The number of hydrogen-bond donors (Lipinski definition) is 4. The Balaban J connectivity index is 1.42. The number of nitrogens with zero attached hydrogens (tertiary/aromatic N) is 2. The van der Waals surface area contributed by atoms with Crippen molar-refractivity contribution in [2.45, 2.75) is 25.9 Å². The lowest BCUT2D eigenvalue weighted by atomic mass is 10.0. The number of amides is 1. The van der Waals surface area contributed by atoms with Gasteiger partial charge in [0.15, 0.2) is 11.5 Å². The van der Waals surface area contributed by atoms with E-state index in [9.17, 15) is 19.9 Å². The number of aromatic carboxylic acids is 1. The van der Waals surface area contributed by atoms with Gasteiger partial charge in [0.2, 0.25) is 0 Å². The fourth-order valence-electron chi connectivity index (χ4n) is 5.09. The number of nitrogens with one attached hydrogen (secondary N) is 2. The minimum atomic E-state index is -1.13. The van der Waals surface area contributed by atoms with E-state index in [1.54, 1.807) is 23.8 Å². The lowest BCUT2D eigenvalue weighted by Crippen LogP contribution is -2.26. The molecule has 216 valence electrons. The molecule has 0 aliphatic carbocycles. The van der Waals surface area contributed by atoms with Gasteiger partial charge in [-0.2, -0.15) is 0 Å². The molecule has 0 atom stereocenters. The molecule has 0 saturated carbocycles. The summed E-state index contributed by atoms with van der Waals surface area (Å²) in [5.41, 5.74) is 5.17. The van der Waals surface area contributed by atoms with Crippen LogP contribution in [0.3, 0.4) is 0 Å². The van der Waals surface area contributed by atoms with Crippen LogP contribution in [0.5, 0.6) is 17.2 Å². The van der Waals surface area contributed by atoms with E-state index in [2.05, 4.69) is 15.3 Å². The van der Waals surface area contributed by atoms with E-state index < -0.39 is 11.9 Å². The number of anilines is 2. The monoisotopic (exact) mass is 572 g/mol. The summed E-state index contributed by atoms with van der Waals surface area (Å²) in [6, 6.07) is 10.0. The highest BCUT2D eigenvalue weighted by atomic mass is 16.6. The van der Waals surface area contributed by atoms with Crippen molar-refractivity contribution in [3.63, 3.8) is 0 Å². The Hall–Kier alpha value is -4.94. The van der Waals surface area contributed by atoms with E-state index in [0.717, 1.165) is 16.8 Å². The van der Waals surface area contributed by atoms with Crippen LogP contribution in [0.25, 0.3) is 22.0 Å². The number of carboxylic acid groups (broad SMARTS) is 1. The molecule has 2 aliphatic rings. The zero-order chi connectivity index (χ0) is 29.2. The number of benzene rings is 2. The van der Waals surface area contributed by atoms with Crippen molar-refractivity contribution in [3.05, 3.63) is 65.6 Å². The second-order valence-electron chi connectivity index (χ2n) is 9.94. The number of hydrogen-bond acceptors (Lipinski definition) is 10. The third-order valence-corrected chi connectivity index (χ3v) is 7.16. The molecule has 4 heterocycles. The Morgan fingerprint density at radius 3 is 2.52 bits per heavy atom. The van der Waals surface area contributed by atoms with Crippen molar-refractivity contribution >= 4 is 34.2 Å². The Morgan fingerprint density at radius 2 is 1.76 bits per heavy atom. The number of pyridine rings is 2. The molecule has 2 aromatic heterocycles. The highest BCUT2D eigenvalue weighted by molar-refractivity contribution is 6.08. The van der Waals surface area contributed by atoms with Crippen LogP contribution in [0.4, 0.5) is 11.4 Å². The third-order valence-electron chi connectivity index (χ3n) is 7.16. The molecule has 1 fully saturated rings. The molecule has 0 bridgehead atoms. The van der Waals surface area contributed by atoms with Gasteiger partial charge in [0.1, 0.15) is 25.1 Å². The number of fused-ring (bicyclic) bond motifs is 2. The fraction of sp³-hybridized carbons (Fsp3) is 0.267. The predicted molar refractivity (Wildman–Crippen MR) is 151 cm³/mol. The second-order valence-corrected chi connectivity index (χ2v) is 9.94. The zero-order valence-electron chi connectivity index (χ0n) is 22.7. The first-order valence-corrected chi connectivity index (χ1v) is 13.4. The minimum Gasteiger partial charge on any atom is -0.490 e. The van der Waals surface area contributed by atoms with Crippen molar-refractivity contribution in [3.8, 4) is 28.4 Å². The van der Waals surface area contributed by atoms with E-state index in [4.69, 9.17) is 18.9 Å². The first-order valence-electron chi connectivity index (χ1n) is 13.4. The number of aromatic nitrogens is 2. The van der Waals surface area contributed by atoms with Gasteiger partial charge in [0, 0.05) is 47.9 Å². The van der Waals surface area contributed by atoms with Gasteiger partial charge in [-0.1, -0.05) is 12.1 Å². The van der Waals surface area contributed by atoms with E-state index in [1.807, 2.05) is 19.1 Å². The average Bonchev–Trinajstić information content (AvgIpc) is 3.01. The number of aryl methyl sites for hydroxylation is 1. The Morgan fingerprint density at radius 1 is 0.976 bits per heavy atom. The Labute approximate surface area is 240 Å². The molecule has 1 amide bonds. The molecule has 4 N–H and O–H groups in total. The SMILES string of the molecule is Cc1ncc(-c2ccc3c(Nc4cc(OC5CCOCC5)cc(C(=O)O)c4)c(C(=O)NO)cnc3c2)c2c1OCCO2. The fourth-order valence-corrected chi connectivity index (χ4v) is 5.09. The van der Waals surface area contributed by atoms with E-state index >= 15 is 0 Å². The first kappa shape index (κ1) is 27.2. The largest absolute Gasteiger partial charge is 0.490 e. The molecule has 0 spiro atoms. The van der Waals surface area contributed by atoms with Crippen molar-refractivity contribution < 1.29 is 38.9 Å². The standard InChI is InChI=1S/C30H28N4O8/c1-16-27-28(41-9-8-40-27)23(14-31-16)17-2-3-22-25(12-17)32-15-24(29(35)34-38)26(22)33-19-10-18(30(36)37)11-21(13-19)42-20-4-6-39-7-5-20/h2-3,10-15,20,38H,4-9H2,1H3,(H,32,33)(H,34,35)(H,36,37).